The summed E-state index contributed by atoms with van der Waals surface area (Å²) in [6, 6.07) is 20.2. The molecule has 4 fully saturated rings. The van der Waals surface area contributed by atoms with Crippen LogP contribution in [0, 0.1) is 34.5 Å². The molecule has 1 heterocycles. The third kappa shape index (κ3) is 4.02. The van der Waals surface area contributed by atoms with E-state index >= 15 is 0 Å². The summed E-state index contributed by atoms with van der Waals surface area (Å²) in [4.78, 5) is 29.6. The first-order chi connectivity index (χ1) is 17.8. The van der Waals surface area contributed by atoms with E-state index in [1.807, 2.05) is 48.3 Å². The molecule has 196 valence electrons. The second kappa shape index (κ2) is 9.29. The zero-order chi connectivity index (χ0) is 25.8. The lowest BCUT2D eigenvalue weighted by Gasteiger charge is -2.62. The molecule has 2 aromatic rings. The van der Waals surface area contributed by atoms with Crippen LogP contribution in [0.25, 0.3) is 0 Å². The molecule has 0 radical (unpaired) electrons. The van der Waals surface area contributed by atoms with E-state index in [0.29, 0.717) is 17.8 Å². The van der Waals surface area contributed by atoms with Crippen molar-refractivity contribution in [2.24, 2.45) is 34.5 Å². The lowest BCUT2D eigenvalue weighted by Crippen LogP contribution is -2.64. The first-order valence-corrected chi connectivity index (χ1v) is 14.5. The van der Waals surface area contributed by atoms with E-state index in [1.54, 1.807) is 0 Å². The molecule has 4 nitrogen and oxygen atoms in total. The van der Waals surface area contributed by atoms with Gasteiger partial charge in [0.05, 0.1) is 6.04 Å². The van der Waals surface area contributed by atoms with Crippen molar-refractivity contribution in [3.63, 3.8) is 0 Å². The van der Waals surface area contributed by atoms with Crippen LogP contribution >= 0.6 is 0 Å². The van der Waals surface area contributed by atoms with Gasteiger partial charge in [0.15, 0.2) is 0 Å². The van der Waals surface area contributed by atoms with Crippen LogP contribution in [-0.4, -0.2) is 29.8 Å². The fourth-order valence-corrected chi connectivity index (χ4v) is 9.38. The number of carbonyl (C=O) groups is 2. The van der Waals surface area contributed by atoms with Crippen LogP contribution in [-0.2, 0) is 9.59 Å². The number of likely N-dealkylation sites (tertiary alicyclic amines) is 1. The topological polar surface area (TPSA) is 49.4 Å². The second-order valence-corrected chi connectivity index (χ2v) is 13.0. The minimum Gasteiger partial charge on any atom is -0.344 e. The normalized spacial score (nSPS) is 37.0. The number of fused-ring (bicyclic) bond motifs is 5. The van der Waals surface area contributed by atoms with Gasteiger partial charge in [0.2, 0.25) is 11.8 Å². The molecule has 3 saturated carbocycles. The van der Waals surface area contributed by atoms with Crippen LogP contribution in [0.15, 0.2) is 60.7 Å². The van der Waals surface area contributed by atoms with Gasteiger partial charge < -0.3 is 10.2 Å². The van der Waals surface area contributed by atoms with Crippen LogP contribution in [0.2, 0.25) is 0 Å². The molecule has 37 heavy (non-hydrogen) atoms. The van der Waals surface area contributed by atoms with Crippen molar-refractivity contribution in [1.82, 2.24) is 10.2 Å². The minimum atomic E-state index is -0.628. The van der Waals surface area contributed by atoms with Crippen molar-refractivity contribution >= 4 is 11.8 Å². The van der Waals surface area contributed by atoms with Crippen LogP contribution < -0.4 is 5.32 Å². The highest BCUT2D eigenvalue weighted by Gasteiger charge is 2.61. The number of hydrogen-bond acceptors (Lipinski definition) is 2. The maximum Gasteiger partial charge on any atom is 0.235 e. The van der Waals surface area contributed by atoms with Gasteiger partial charge in [-0.05, 0) is 84.7 Å². The van der Waals surface area contributed by atoms with Gasteiger partial charge in [-0.3, -0.25) is 9.59 Å². The quantitative estimate of drug-likeness (QED) is 0.498. The molecule has 0 bridgehead atoms. The van der Waals surface area contributed by atoms with Gasteiger partial charge in [0.25, 0.3) is 0 Å². The van der Waals surface area contributed by atoms with E-state index < -0.39 is 5.92 Å². The molecule has 7 atom stereocenters. The summed E-state index contributed by atoms with van der Waals surface area (Å²) in [6.07, 6.45) is 9.66. The predicted octanol–water partition coefficient (Wildman–Crippen LogP) is 6.37. The van der Waals surface area contributed by atoms with Crippen molar-refractivity contribution < 1.29 is 9.59 Å². The molecule has 6 rings (SSSR count). The van der Waals surface area contributed by atoms with Gasteiger partial charge in [0.1, 0.15) is 5.92 Å². The number of amides is 2. The lowest BCUT2D eigenvalue weighted by molar-refractivity contribution is -0.169. The highest BCUT2D eigenvalue weighted by Crippen LogP contribution is 2.65. The number of benzene rings is 2. The van der Waals surface area contributed by atoms with Crippen molar-refractivity contribution in [2.45, 2.75) is 77.3 Å². The molecular weight excluding hydrogens is 456 g/mol. The molecule has 4 aliphatic rings. The number of piperidine rings is 1. The average Bonchev–Trinajstić information content (AvgIpc) is 3.32. The van der Waals surface area contributed by atoms with E-state index in [0.717, 1.165) is 29.4 Å². The maximum absolute atomic E-state index is 14.0. The SMILES string of the molecule is CN1C(=O)C(C(=O)NC(c2ccccc2)c2ccccc2)C[C@@]2(C)C1CC[C@@H]1[C@H]2CC[C@]2(C)CCC[C@@H]12. The van der Waals surface area contributed by atoms with Gasteiger partial charge in [-0.1, -0.05) is 80.9 Å². The summed E-state index contributed by atoms with van der Waals surface area (Å²) in [6.45, 7) is 4.95. The van der Waals surface area contributed by atoms with Crippen molar-refractivity contribution in [3.8, 4) is 0 Å². The van der Waals surface area contributed by atoms with Crippen molar-refractivity contribution in [1.29, 1.82) is 0 Å². The van der Waals surface area contributed by atoms with E-state index in [4.69, 9.17) is 0 Å². The molecule has 2 unspecified atom stereocenters. The zero-order valence-electron chi connectivity index (χ0n) is 22.7. The maximum atomic E-state index is 14.0. The number of hydrogen-bond donors (Lipinski definition) is 1. The summed E-state index contributed by atoms with van der Waals surface area (Å²) < 4.78 is 0. The summed E-state index contributed by atoms with van der Waals surface area (Å²) in [7, 11) is 1.96. The summed E-state index contributed by atoms with van der Waals surface area (Å²) in [5.41, 5.74) is 2.57. The molecule has 3 aliphatic carbocycles. The minimum absolute atomic E-state index is 0.000174. The summed E-state index contributed by atoms with van der Waals surface area (Å²) >= 11 is 0. The van der Waals surface area contributed by atoms with Crippen molar-refractivity contribution in [3.05, 3.63) is 71.8 Å². The molecule has 1 N–H and O–H groups in total. The molecule has 2 amide bonds. The summed E-state index contributed by atoms with van der Waals surface area (Å²) in [5.74, 6) is 1.41. The third-order valence-corrected chi connectivity index (χ3v) is 11.2. The fraction of sp³-hybridized carbons (Fsp3) is 0.576. The number of nitrogens with one attached hydrogen (secondary N) is 1. The van der Waals surface area contributed by atoms with E-state index in [1.165, 1.54) is 38.5 Å². The Hall–Kier alpha value is -2.62. The average molecular weight is 499 g/mol. The van der Waals surface area contributed by atoms with E-state index in [9.17, 15) is 9.59 Å². The standard InChI is InChI=1S/C33H42N2O2/c1-32-19-10-15-26(32)24-16-17-28-33(2,27(24)18-20-32)21-25(31(37)35(28)3)30(36)34-29(22-11-6-4-7-12-22)23-13-8-5-9-14-23/h4-9,11-14,24-29H,10,15-21H2,1-3H3,(H,34,36)/t24-,25?,26-,27+,28?,32-,33+/m0/s1. The Kier molecular flexibility index (Phi) is 6.20. The van der Waals surface area contributed by atoms with Gasteiger partial charge >= 0.3 is 0 Å². The second-order valence-electron chi connectivity index (χ2n) is 13.0. The summed E-state index contributed by atoms with van der Waals surface area (Å²) in [5, 5.41) is 3.31. The van der Waals surface area contributed by atoms with Gasteiger partial charge in [0, 0.05) is 13.1 Å². The van der Waals surface area contributed by atoms with Gasteiger partial charge in [-0.15, -0.1) is 0 Å². The molecular formula is C33H42N2O2. The lowest BCUT2D eigenvalue weighted by atomic mass is 9.47. The number of carbonyl (C=O) groups excluding carboxylic acids is 2. The molecule has 2 aromatic carbocycles. The van der Waals surface area contributed by atoms with E-state index in [2.05, 4.69) is 43.4 Å². The molecule has 4 heteroatoms. The molecule has 0 aromatic heterocycles. The van der Waals surface area contributed by atoms with Crippen LogP contribution in [0.5, 0.6) is 0 Å². The molecule has 0 spiro atoms. The first-order valence-electron chi connectivity index (χ1n) is 14.5. The fourth-order valence-electron chi connectivity index (χ4n) is 9.38. The first kappa shape index (κ1) is 24.7. The van der Waals surface area contributed by atoms with Crippen LogP contribution in [0.4, 0.5) is 0 Å². The highest BCUT2D eigenvalue weighted by atomic mass is 16.2. The largest absolute Gasteiger partial charge is 0.344 e. The smallest absolute Gasteiger partial charge is 0.235 e. The molecule has 1 saturated heterocycles. The van der Waals surface area contributed by atoms with Crippen molar-refractivity contribution in [2.75, 3.05) is 7.05 Å². The Labute approximate surface area is 222 Å². The monoisotopic (exact) mass is 498 g/mol. The molecule has 1 aliphatic heterocycles. The Morgan fingerprint density at radius 1 is 0.892 bits per heavy atom. The van der Waals surface area contributed by atoms with Crippen LogP contribution in [0.1, 0.15) is 82.4 Å². The van der Waals surface area contributed by atoms with Gasteiger partial charge in [-0.25, -0.2) is 0 Å². The van der Waals surface area contributed by atoms with E-state index in [-0.39, 0.29) is 29.3 Å². The Morgan fingerprint density at radius 3 is 2.19 bits per heavy atom. The van der Waals surface area contributed by atoms with Crippen LogP contribution in [0.3, 0.4) is 0 Å². The number of nitrogens with zero attached hydrogens (tertiary/aromatic N) is 1. The highest BCUT2D eigenvalue weighted by molar-refractivity contribution is 6.01. The predicted molar refractivity (Wildman–Crippen MR) is 147 cm³/mol. The number of rotatable bonds is 4. The zero-order valence-corrected chi connectivity index (χ0v) is 22.7. The third-order valence-electron chi connectivity index (χ3n) is 11.2. The van der Waals surface area contributed by atoms with Gasteiger partial charge in [-0.2, -0.15) is 0 Å². The Bertz CT molecular complexity index is 1110. The Morgan fingerprint density at radius 2 is 1.54 bits per heavy atom. The Balaban J connectivity index is 1.28.